The monoisotopic (exact) mass is 204 g/mol. The van der Waals surface area contributed by atoms with E-state index in [1.54, 1.807) is 7.11 Å². The highest BCUT2D eigenvalue weighted by atomic mass is 32.1. The molecular weight excluding hydrogens is 194 g/mol. The van der Waals surface area contributed by atoms with E-state index in [0.717, 1.165) is 22.2 Å². The Labute approximate surface area is 88.3 Å². The molecule has 0 aliphatic carbocycles. The van der Waals surface area contributed by atoms with Gasteiger partial charge in [-0.1, -0.05) is 11.1 Å². The largest absolute Gasteiger partial charge is 0.760 e. The van der Waals surface area contributed by atoms with E-state index in [0.29, 0.717) is 5.03 Å². The Morgan fingerprint density at radius 3 is 2.79 bits per heavy atom. The van der Waals surface area contributed by atoms with Crippen molar-refractivity contribution in [1.82, 2.24) is 4.98 Å². The summed E-state index contributed by atoms with van der Waals surface area (Å²) in [5, 5.41) is 1.75. The first-order chi connectivity index (χ1) is 6.70. The van der Waals surface area contributed by atoms with E-state index in [2.05, 4.69) is 4.98 Å². The molecule has 0 amide bonds. The van der Waals surface area contributed by atoms with Gasteiger partial charge < -0.3 is 17.4 Å². The van der Waals surface area contributed by atoms with Gasteiger partial charge in [-0.15, -0.1) is 0 Å². The van der Waals surface area contributed by atoms with Crippen molar-refractivity contribution in [3.05, 3.63) is 29.8 Å². The van der Waals surface area contributed by atoms with Gasteiger partial charge in [0, 0.05) is 11.5 Å². The fourth-order valence-corrected chi connectivity index (χ4v) is 1.75. The zero-order valence-electron chi connectivity index (χ0n) is 8.07. The van der Waals surface area contributed by atoms with Crippen LogP contribution in [0.1, 0.15) is 5.56 Å². The van der Waals surface area contributed by atoms with E-state index in [-0.39, 0.29) is 0 Å². The molecule has 2 rings (SSSR count). The van der Waals surface area contributed by atoms with Crippen LogP contribution in [0.2, 0.25) is 0 Å². The van der Waals surface area contributed by atoms with Crippen LogP contribution in [0.4, 0.5) is 0 Å². The van der Waals surface area contributed by atoms with Crippen LogP contribution in [-0.4, -0.2) is 12.1 Å². The summed E-state index contributed by atoms with van der Waals surface area (Å²) < 4.78 is 5.13. The van der Waals surface area contributed by atoms with E-state index in [4.69, 9.17) is 17.4 Å². The number of aryl methyl sites for hydroxylation is 1. The van der Waals surface area contributed by atoms with E-state index >= 15 is 0 Å². The fourth-order valence-electron chi connectivity index (χ4n) is 1.48. The molecule has 3 heteroatoms. The third-order valence-corrected chi connectivity index (χ3v) is 2.41. The molecule has 0 spiro atoms. The molecule has 0 saturated carbocycles. The van der Waals surface area contributed by atoms with Gasteiger partial charge in [0.25, 0.3) is 0 Å². The number of fused-ring (bicyclic) bond motifs is 1. The number of methoxy groups -OCH3 is 1. The van der Waals surface area contributed by atoms with Crippen LogP contribution in [0.25, 0.3) is 10.9 Å². The lowest BCUT2D eigenvalue weighted by Gasteiger charge is -2.10. The van der Waals surface area contributed by atoms with Gasteiger partial charge in [0.05, 0.1) is 12.6 Å². The summed E-state index contributed by atoms with van der Waals surface area (Å²) >= 11 is 5.05. The van der Waals surface area contributed by atoms with Gasteiger partial charge in [0.15, 0.2) is 0 Å². The summed E-state index contributed by atoms with van der Waals surface area (Å²) in [5.74, 6) is 0.810. The van der Waals surface area contributed by atoms with Crippen molar-refractivity contribution < 1.29 is 4.74 Å². The molecule has 2 aromatic rings. The van der Waals surface area contributed by atoms with Gasteiger partial charge >= 0.3 is 0 Å². The van der Waals surface area contributed by atoms with E-state index in [1.165, 1.54) is 0 Å². The summed E-state index contributed by atoms with van der Waals surface area (Å²) in [6.45, 7) is 2.03. The molecule has 0 fully saturated rings. The number of aromatic nitrogens is 1. The predicted octanol–water partition coefficient (Wildman–Crippen LogP) is 2.46. The Kier molecular flexibility index (Phi) is 2.25. The van der Waals surface area contributed by atoms with Gasteiger partial charge in [0.1, 0.15) is 5.75 Å². The Morgan fingerprint density at radius 1 is 1.29 bits per heavy atom. The Balaban J connectivity index is 2.75. The minimum Gasteiger partial charge on any atom is -0.760 e. The van der Waals surface area contributed by atoms with Crippen molar-refractivity contribution >= 4 is 23.5 Å². The van der Waals surface area contributed by atoms with Gasteiger partial charge in [0.2, 0.25) is 0 Å². The van der Waals surface area contributed by atoms with Crippen LogP contribution in [-0.2, 0) is 12.6 Å². The molecule has 0 N–H and O–H groups in total. The summed E-state index contributed by atoms with van der Waals surface area (Å²) in [4.78, 5) is 4.28. The van der Waals surface area contributed by atoms with Crippen LogP contribution in [0.15, 0.2) is 29.3 Å². The number of hydrogen-bond acceptors (Lipinski definition) is 3. The standard InChI is InChI=1S/C11H11NOS/c1-7-5-11(14)12-10-6-8(13-2)3-4-9(7)10/h3-6H,1-2H3,(H,12,14)/p-1. The number of pyridine rings is 1. The fraction of sp³-hybridized carbons (Fsp3) is 0.182. The number of hydrogen-bond donors (Lipinski definition) is 0. The van der Waals surface area contributed by atoms with E-state index in [9.17, 15) is 0 Å². The maximum atomic E-state index is 5.13. The Bertz CT molecular complexity index is 482. The molecule has 1 heterocycles. The quantitative estimate of drug-likeness (QED) is 0.666. The van der Waals surface area contributed by atoms with E-state index in [1.807, 2.05) is 31.2 Å². The molecule has 1 aromatic heterocycles. The smallest absolute Gasteiger partial charge is 0.121 e. The van der Waals surface area contributed by atoms with Gasteiger partial charge in [-0.3, -0.25) is 4.98 Å². The second kappa shape index (κ2) is 3.42. The number of ether oxygens (including phenoxy) is 1. The number of rotatable bonds is 1. The van der Waals surface area contributed by atoms with Crippen LogP contribution in [0.3, 0.4) is 0 Å². The zero-order chi connectivity index (χ0) is 10.1. The lowest BCUT2D eigenvalue weighted by molar-refractivity contribution is 0.415. The van der Waals surface area contributed by atoms with Crippen molar-refractivity contribution in [2.24, 2.45) is 0 Å². The maximum Gasteiger partial charge on any atom is 0.121 e. The van der Waals surface area contributed by atoms with Crippen molar-refractivity contribution in [2.75, 3.05) is 7.11 Å². The third kappa shape index (κ3) is 1.51. The highest BCUT2D eigenvalue weighted by Crippen LogP contribution is 2.22. The van der Waals surface area contributed by atoms with Crippen molar-refractivity contribution in [2.45, 2.75) is 11.9 Å². The van der Waals surface area contributed by atoms with Crippen molar-refractivity contribution in [3.63, 3.8) is 0 Å². The number of benzene rings is 1. The SMILES string of the molecule is COc1ccc2c(C)cc([S-])nc2c1. The Morgan fingerprint density at radius 2 is 2.07 bits per heavy atom. The van der Waals surface area contributed by atoms with E-state index < -0.39 is 0 Å². The zero-order valence-corrected chi connectivity index (χ0v) is 8.89. The summed E-state index contributed by atoms with van der Waals surface area (Å²) in [6.07, 6.45) is 0. The van der Waals surface area contributed by atoms with Crippen molar-refractivity contribution in [3.8, 4) is 5.75 Å². The summed E-state index contributed by atoms with van der Waals surface area (Å²) in [7, 11) is 1.64. The molecule has 72 valence electrons. The van der Waals surface area contributed by atoms with Gasteiger partial charge in [-0.2, -0.15) is 0 Å². The lowest BCUT2D eigenvalue weighted by atomic mass is 10.1. The molecule has 0 atom stereocenters. The van der Waals surface area contributed by atoms with Crippen LogP contribution < -0.4 is 4.74 Å². The molecule has 0 aliphatic rings. The van der Waals surface area contributed by atoms with Gasteiger partial charge in [-0.05, 0) is 24.6 Å². The summed E-state index contributed by atoms with van der Waals surface area (Å²) in [5.41, 5.74) is 2.05. The van der Waals surface area contributed by atoms with Crippen LogP contribution >= 0.6 is 0 Å². The molecule has 0 aliphatic heterocycles. The van der Waals surface area contributed by atoms with Crippen molar-refractivity contribution in [1.29, 1.82) is 0 Å². The lowest BCUT2D eigenvalue weighted by Crippen LogP contribution is -1.88. The molecule has 0 unspecified atom stereocenters. The maximum absolute atomic E-state index is 5.13. The second-order valence-corrected chi connectivity index (χ2v) is 3.58. The first-order valence-electron chi connectivity index (χ1n) is 4.33. The van der Waals surface area contributed by atoms with Crippen LogP contribution in [0, 0.1) is 6.92 Å². The number of nitrogens with zero attached hydrogens (tertiary/aromatic N) is 1. The molecule has 0 bridgehead atoms. The molecule has 14 heavy (non-hydrogen) atoms. The average Bonchev–Trinajstić information content (AvgIpc) is 2.16. The Hall–Kier alpha value is -1.35. The normalized spacial score (nSPS) is 10.4. The minimum absolute atomic E-state index is 0.628. The summed E-state index contributed by atoms with van der Waals surface area (Å²) in [6, 6.07) is 7.74. The van der Waals surface area contributed by atoms with Gasteiger partial charge in [-0.25, -0.2) is 0 Å². The van der Waals surface area contributed by atoms with Crippen LogP contribution in [0.5, 0.6) is 5.75 Å². The average molecular weight is 204 g/mol. The first kappa shape index (κ1) is 9.21. The highest BCUT2D eigenvalue weighted by molar-refractivity contribution is 7.58. The second-order valence-electron chi connectivity index (χ2n) is 3.16. The topological polar surface area (TPSA) is 22.1 Å². The molecule has 1 aromatic carbocycles. The third-order valence-electron chi connectivity index (χ3n) is 2.20. The molecular formula is C11H10NOS-. The first-order valence-corrected chi connectivity index (χ1v) is 4.74. The molecule has 0 radical (unpaired) electrons. The molecule has 0 saturated heterocycles. The predicted molar refractivity (Wildman–Crippen MR) is 58.7 cm³/mol. The highest BCUT2D eigenvalue weighted by Gasteiger charge is 1.99. The molecule has 2 nitrogen and oxygen atoms in total. The minimum atomic E-state index is 0.628.